The molecule has 2 unspecified atom stereocenters. The molecule has 15 heavy (non-hydrogen) atoms. The minimum atomic E-state index is -1.93. The lowest BCUT2D eigenvalue weighted by Gasteiger charge is -2.25. The van der Waals surface area contributed by atoms with Crippen molar-refractivity contribution in [2.24, 2.45) is 11.5 Å². The largest absolute Gasteiger partial charge is 0.320 e. The van der Waals surface area contributed by atoms with Crippen LogP contribution in [0.4, 0.5) is 4.39 Å². The molecular formula is C12H13FN2. The number of alkyl halides is 1. The first-order valence-electron chi connectivity index (χ1n) is 4.79. The monoisotopic (exact) mass is 204 g/mol. The van der Waals surface area contributed by atoms with Crippen LogP contribution in [0.5, 0.6) is 0 Å². The first kappa shape index (κ1) is 10.1. The standard InChI is InChI=1S/C12H13FN2/c13-12(15)7-6-10(8-11(12)14)9-4-2-1-3-5-9/h1-8,11H,14-15H2. The molecule has 0 saturated heterocycles. The number of nitrogens with two attached hydrogens (primary N) is 2. The van der Waals surface area contributed by atoms with Crippen molar-refractivity contribution in [1.82, 2.24) is 0 Å². The third-order valence-corrected chi connectivity index (χ3v) is 2.50. The fourth-order valence-electron chi connectivity index (χ4n) is 1.53. The van der Waals surface area contributed by atoms with Gasteiger partial charge in [0.05, 0.1) is 6.04 Å². The van der Waals surface area contributed by atoms with E-state index in [1.807, 2.05) is 30.3 Å². The molecular weight excluding hydrogens is 191 g/mol. The number of halogens is 1. The van der Waals surface area contributed by atoms with Gasteiger partial charge in [-0.3, -0.25) is 5.73 Å². The molecule has 0 aliphatic heterocycles. The van der Waals surface area contributed by atoms with E-state index in [1.54, 1.807) is 12.2 Å². The van der Waals surface area contributed by atoms with Crippen LogP contribution in [0.25, 0.3) is 5.57 Å². The lowest BCUT2D eigenvalue weighted by molar-refractivity contribution is 0.216. The van der Waals surface area contributed by atoms with E-state index in [9.17, 15) is 4.39 Å². The molecule has 0 radical (unpaired) electrons. The fourth-order valence-corrected chi connectivity index (χ4v) is 1.53. The first-order chi connectivity index (χ1) is 7.09. The summed E-state index contributed by atoms with van der Waals surface area (Å²) in [5.41, 5.74) is 12.9. The van der Waals surface area contributed by atoms with E-state index in [0.29, 0.717) is 0 Å². The SMILES string of the molecule is NC1C=C(c2ccccc2)C=CC1(N)F. The summed E-state index contributed by atoms with van der Waals surface area (Å²) in [6, 6.07) is 8.89. The van der Waals surface area contributed by atoms with E-state index >= 15 is 0 Å². The van der Waals surface area contributed by atoms with Gasteiger partial charge in [0, 0.05) is 0 Å². The van der Waals surface area contributed by atoms with Crippen molar-refractivity contribution in [3.63, 3.8) is 0 Å². The molecule has 3 heteroatoms. The van der Waals surface area contributed by atoms with Gasteiger partial charge in [0.15, 0.2) is 5.79 Å². The van der Waals surface area contributed by atoms with E-state index in [-0.39, 0.29) is 0 Å². The van der Waals surface area contributed by atoms with Gasteiger partial charge in [-0.15, -0.1) is 0 Å². The molecule has 0 fully saturated rings. The summed E-state index contributed by atoms with van der Waals surface area (Å²) in [4.78, 5) is 0. The minimum absolute atomic E-state index is 0.794. The number of benzene rings is 1. The maximum Gasteiger partial charge on any atom is 0.197 e. The summed E-state index contributed by atoms with van der Waals surface area (Å²) in [6.45, 7) is 0. The van der Waals surface area contributed by atoms with E-state index in [2.05, 4.69) is 0 Å². The van der Waals surface area contributed by atoms with Gasteiger partial charge in [-0.1, -0.05) is 42.5 Å². The van der Waals surface area contributed by atoms with Crippen LogP contribution in [0.2, 0.25) is 0 Å². The van der Waals surface area contributed by atoms with Crippen LogP contribution >= 0.6 is 0 Å². The Kier molecular flexibility index (Phi) is 2.42. The molecule has 1 aliphatic carbocycles. The molecule has 78 valence electrons. The van der Waals surface area contributed by atoms with Gasteiger partial charge < -0.3 is 5.73 Å². The third kappa shape index (κ3) is 1.98. The summed E-state index contributed by atoms with van der Waals surface area (Å²) < 4.78 is 13.5. The highest BCUT2D eigenvalue weighted by molar-refractivity contribution is 5.76. The predicted octanol–water partition coefficient (Wildman–Crippen LogP) is 1.59. The average Bonchev–Trinajstić information content (AvgIpc) is 2.23. The maximum atomic E-state index is 13.5. The summed E-state index contributed by atoms with van der Waals surface area (Å²) in [5, 5.41) is 0. The Morgan fingerprint density at radius 3 is 2.47 bits per heavy atom. The zero-order valence-electron chi connectivity index (χ0n) is 8.23. The second-order valence-corrected chi connectivity index (χ2v) is 3.67. The number of rotatable bonds is 1. The average molecular weight is 204 g/mol. The predicted molar refractivity (Wildman–Crippen MR) is 59.6 cm³/mol. The van der Waals surface area contributed by atoms with E-state index in [0.717, 1.165) is 11.1 Å². The Bertz CT molecular complexity index is 407. The van der Waals surface area contributed by atoms with Gasteiger partial charge in [-0.2, -0.15) is 0 Å². The number of hydrogen-bond acceptors (Lipinski definition) is 2. The van der Waals surface area contributed by atoms with Crippen molar-refractivity contribution in [1.29, 1.82) is 0 Å². The first-order valence-corrected chi connectivity index (χ1v) is 4.79. The van der Waals surface area contributed by atoms with Crippen LogP contribution in [-0.4, -0.2) is 11.8 Å². The molecule has 0 spiro atoms. The molecule has 4 N–H and O–H groups in total. The van der Waals surface area contributed by atoms with Crippen LogP contribution in [-0.2, 0) is 0 Å². The maximum absolute atomic E-state index is 13.5. The molecule has 0 saturated carbocycles. The highest BCUT2D eigenvalue weighted by Crippen LogP contribution is 2.25. The lowest BCUT2D eigenvalue weighted by Crippen LogP contribution is -2.50. The Morgan fingerprint density at radius 1 is 1.20 bits per heavy atom. The second-order valence-electron chi connectivity index (χ2n) is 3.67. The van der Waals surface area contributed by atoms with Crippen molar-refractivity contribution >= 4 is 5.57 Å². The topological polar surface area (TPSA) is 52.0 Å². The van der Waals surface area contributed by atoms with Gasteiger partial charge in [0.25, 0.3) is 0 Å². The molecule has 1 aliphatic rings. The van der Waals surface area contributed by atoms with Crippen LogP contribution in [0.3, 0.4) is 0 Å². The molecule has 2 rings (SSSR count). The normalized spacial score (nSPS) is 30.1. The molecule has 0 aromatic heterocycles. The molecule has 0 amide bonds. The number of hydrogen-bond donors (Lipinski definition) is 2. The summed E-state index contributed by atoms with van der Waals surface area (Å²) in [5.74, 6) is -1.93. The fraction of sp³-hybridized carbons (Fsp3) is 0.167. The Labute approximate surface area is 88.1 Å². The van der Waals surface area contributed by atoms with Crippen LogP contribution in [0.1, 0.15) is 5.56 Å². The third-order valence-electron chi connectivity index (χ3n) is 2.50. The Hall–Kier alpha value is -1.45. The van der Waals surface area contributed by atoms with E-state index in [1.165, 1.54) is 6.08 Å². The zero-order chi connectivity index (χ0) is 10.9. The zero-order valence-corrected chi connectivity index (χ0v) is 8.23. The van der Waals surface area contributed by atoms with Crippen LogP contribution in [0, 0.1) is 0 Å². The second kappa shape index (κ2) is 3.61. The van der Waals surface area contributed by atoms with Gasteiger partial charge >= 0.3 is 0 Å². The highest BCUT2D eigenvalue weighted by atomic mass is 19.1. The van der Waals surface area contributed by atoms with Crippen molar-refractivity contribution in [3.8, 4) is 0 Å². The number of allylic oxidation sites excluding steroid dienone is 2. The highest BCUT2D eigenvalue weighted by Gasteiger charge is 2.30. The summed E-state index contributed by atoms with van der Waals surface area (Å²) in [6.07, 6.45) is 4.62. The Balaban J connectivity index is 2.32. The molecule has 1 aromatic rings. The van der Waals surface area contributed by atoms with Gasteiger partial charge in [-0.05, 0) is 17.2 Å². The summed E-state index contributed by atoms with van der Waals surface area (Å²) in [7, 11) is 0. The quantitative estimate of drug-likeness (QED) is 0.682. The lowest BCUT2D eigenvalue weighted by atomic mass is 9.93. The molecule has 2 atom stereocenters. The van der Waals surface area contributed by atoms with Crippen molar-refractivity contribution in [2.45, 2.75) is 11.8 Å². The van der Waals surface area contributed by atoms with Gasteiger partial charge in [0.2, 0.25) is 0 Å². The molecule has 2 nitrogen and oxygen atoms in total. The molecule has 1 aromatic carbocycles. The Morgan fingerprint density at radius 2 is 1.87 bits per heavy atom. The van der Waals surface area contributed by atoms with Crippen molar-refractivity contribution in [3.05, 3.63) is 54.1 Å². The minimum Gasteiger partial charge on any atom is -0.320 e. The van der Waals surface area contributed by atoms with Crippen LogP contribution in [0.15, 0.2) is 48.6 Å². The smallest absolute Gasteiger partial charge is 0.197 e. The van der Waals surface area contributed by atoms with Crippen LogP contribution < -0.4 is 11.5 Å². The van der Waals surface area contributed by atoms with E-state index in [4.69, 9.17) is 11.5 Å². The van der Waals surface area contributed by atoms with E-state index < -0.39 is 11.8 Å². The summed E-state index contributed by atoms with van der Waals surface area (Å²) >= 11 is 0. The molecule has 0 bridgehead atoms. The van der Waals surface area contributed by atoms with Gasteiger partial charge in [0.1, 0.15) is 0 Å². The molecule has 0 heterocycles. The van der Waals surface area contributed by atoms with Gasteiger partial charge in [-0.25, -0.2) is 4.39 Å². The van der Waals surface area contributed by atoms with Crippen molar-refractivity contribution < 1.29 is 4.39 Å². The van der Waals surface area contributed by atoms with Crippen molar-refractivity contribution in [2.75, 3.05) is 0 Å².